The smallest absolute Gasteiger partial charge is 0.279 e. The molecule has 1 heterocycles. The number of carbonyl (C=O) groups excluding carboxylic acids is 1. The Kier molecular flexibility index (Phi) is 6.00. The molecule has 0 radical (unpaired) electrons. The Labute approximate surface area is 108 Å². The SMILES string of the molecule is CN(CCCN)S(=O)(=O)NCC(=O)N1CCCC1. The molecule has 1 aliphatic heterocycles. The molecule has 0 aliphatic carbocycles. The lowest BCUT2D eigenvalue weighted by Crippen LogP contribution is -2.44. The summed E-state index contributed by atoms with van der Waals surface area (Å²) in [4.78, 5) is 13.4. The lowest BCUT2D eigenvalue weighted by Gasteiger charge is -2.19. The first kappa shape index (κ1) is 15.4. The average Bonchev–Trinajstić information content (AvgIpc) is 2.86. The van der Waals surface area contributed by atoms with Crippen LogP contribution in [-0.2, 0) is 15.0 Å². The Hall–Kier alpha value is -0.700. The molecule has 0 unspecified atom stereocenters. The number of rotatable bonds is 7. The van der Waals surface area contributed by atoms with Crippen LogP contribution in [-0.4, -0.2) is 63.3 Å². The fourth-order valence-electron chi connectivity index (χ4n) is 1.78. The minimum absolute atomic E-state index is 0.164. The number of hydrogen-bond donors (Lipinski definition) is 2. The summed E-state index contributed by atoms with van der Waals surface area (Å²) in [6, 6.07) is 0. The van der Waals surface area contributed by atoms with Gasteiger partial charge in [0.25, 0.3) is 10.2 Å². The van der Waals surface area contributed by atoms with E-state index in [1.807, 2.05) is 0 Å². The Morgan fingerprint density at radius 3 is 2.56 bits per heavy atom. The van der Waals surface area contributed by atoms with Crippen molar-refractivity contribution in [2.45, 2.75) is 19.3 Å². The summed E-state index contributed by atoms with van der Waals surface area (Å²) in [5, 5.41) is 0. The van der Waals surface area contributed by atoms with Crippen molar-refractivity contribution < 1.29 is 13.2 Å². The zero-order chi connectivity index (χ0) is 13.6. The van der Waals surface area contributed by atoms with E-state index in [1.165, 1.54) is 11.4 Å². The van der Waals surface area contributed by atoms with Crippen LogP contribution >= 0.6 is 0 Å². The predicted molar refractivity (Wildman–Crippen MR) is 69.0 cm³/mol. The topological polar surface area (TPSA) is 95.7 Å². The number of hydrogen-bond acceptors (Lipinski definition) is 4. The number of nitrogens with two attached hydrogens (primary N) is 1. The van der Waals surface area contributed by atoms with Crippen molar-refractivity contribution in [1.82, 2.24) is 13.9 Å². The Bertz CT molecular complexity index is 365. The molecule has 0 aromatic heterocycles. The second-order valence-electron chi connectivity index (χ2n) is 4.38. The van der Waals surface area contributed by atoms with Gasteiger partial charge in [-0.2, -0.15) is 17.4 Å². The van der Waals surface area contributed by atoms with Crippen LogP contribution in [0.4, 0.5) is 0 Å². The van der Waals surface area contributed by atoms with Crippen molar-refractivity contribution in [3.8, 4) is 0 Å². The maximum absolute atomic E-state index is 11.8. The van der Waals surface area contributed by atoms with Crippen molar-refractivity contribution in [3.05, 3.63) is 0 Å². The van der Waals surface area contributed by atoms with E-state index in [0.717, 1.165) is 25.9 Å². The second kappa shape index (κ2) is 7.03. The van der Waals surface area contributed by atoms with Gasteiger partial charge in [-0.25, -0.2) is 0 Å². The van der Waals surface area contributed by atoms with Crippen LogP contribution in [0.3, 0.4) is 0 Å². The molecule has 3 N–H and O–H groups in total. The van der Waals surface area contributed by atoms with Gasteiger partial charge in [0.15, 0.2) is 0 Å². The van der Waals surface area contributed by atoms with Crippen LogP contribution in [0.5, 0.6) is 0 Å². The first-order valence-corrected chi connectivity index (χ1v) is 7.60. The molecule has 18 heavy (non-hydrogen) atoms. The normalized spacial score (nSPS) is 16.5. The summed E-state index contributed by atoms with van der Waals surface area (Å²) in [6.07, 6.45) is 2.58. The molecule has 106 valence electrons. The Morgan fingerprint density at radius 1 is 1.39 bits per heavy atom. The van der Waals surface area contributed by atoms with E-state index in [1.54, 1.807) is 4.90 Å². The van der Waals surface area contributed by atoms with E-state index in [2.05, 4.69) is 4.72 Å². The van der Waals surface area contributed by atoms with E-state index >= 15 is 0 Å². The largest absolute Gasteiger partial charge is 0.342 e. The van der Waals surface area contributed by atoms with E-state index < -0.39 is 10.2 Å². The van der Waals surface area contributed by atoms with Crippen LogP contribution in [0.2, 0.25) is 0 Å². The number of carbonyl (C=O) groups is 1. The van der Waals surface area contributed by atoms with Crippen LogP contribution in [0.1, 0.15) is 19.3 Å². The lowest BCUT2D eigenvalue weighted by atomic mass is 10.4. The molecule has 0 saturated carbocycles. The summed E-state index contributed by atoms with van der Waals surface area (Å²) >= 11 is 0. The van der Waals surface area contributed by atoms with E-state index in [9.17, 15) is 13.2 Å². The first-order chi connectivity index (χ1) is 8.47. The molecule has 7 nitrogen and oxygen atoms in total. The summed E-state index contributed by atoms with van der Waals surface area (Å²) in [5.74, 6) is -0.164. The molecule has 0 aromatic carbocycles. The van der Waals surface area contributed by atoms with Gasteiger partial charge >= 0.3 is 0 Å². The molecule has 0 atom stereocenters. The second-order valence-corrected chi connectivity index (χ2v) is 6.24. The molecular formula is C10H22N4O3S. The summed E-state index contributed by atoms with van der Waals surface area (Å²) < 4.78 is 27.0. The fourth-order valence-corrected chi connectivity index (χ4v) is 2.67. The molecule has 0 aromatic rings. The van der Waals surface area contributed by atoms with E-state index in [0.29, 0.717) is 19.5 Å². The van der Waals surface area contributed by atoms with Gasteiger partial charge in [-0.15, -0.1) is 0 Å². The summed E-state index contributed by atoms with van der Waals surface area (Å²) in [7, 11) is -2.11. The van der Waals surface area contributed by atoms with Gasteiger partial charge in [-0.3, -0.25) is 4.79 Å². The molecule has 1 fully saturated rings. The third-order valence-corrected chi connectivity index (χ3v) is 4.46. The molecule has 0 spiro atoms. The molecular weight excluding hydrogens is 256 g/mol. The van der Waals surface area contributed by atoms with Crippen molar-refractivity contribution >= 4 is 16.1 Å². The van der Waals surface area contributed by atoms with Crippen LogP contribution < -0.4 is 10.5 Å². The monoisotopic (exact) mass is 278 g/mol. The zero-order valence-electron chi connectivity index (χ0n) is 10.8. The van der Waals surface area contributed by atoms with Gasteiger partial charge in [-0.1, -0.05) is 0 Å². The van der Waals surface area contributed by atoms with E-state index in [-0.39, 0.29) is 12.5 Å². The molecule has 1 rings (SSSR count). The maximum atomic E-state index is 11.8. The van der Waals surface area contributed by atoms with Crippen molar-refractivity contribution in [2.75, 3.05) is 39.8 Å². The Balaban J connectivity index is 2.38. The highest BCUT2D eigenvalue weighted by Gasteiger charge is 2.22. The van der Waals surface area contributed by atoms with Gasteiger partial charge in [0.2, 0.25) is 5.91 Å². The van der Waals surface area contributed by atoms with Gasteiger partial charge in [0, 0.05) is 26.7 Å². The number of nitrogens with zero attached hydrogens (tertiary/aromatic N) is 2. The highest BCUT2D eigenvalue weighted by atomic mass is 32.2. The molecule has 0 bridgehead atoms. The zero-order valence-corrected chi connectivity index (χ0v) is 11.6. The van der Waals surface area contributed by atoms with Crippen molar-refractivity contribution in [3.63, 3.8) is 0 Å². The third kappa shape index (κ3) is 4.52. The lowest BCUT2D eigenvalue weighted by molar-refractivity contribution is -0.128. The third-order valence-electron chi connectivity index (χ3n) is 2.95. The van der Waals surface area contributed by atoms with Crippen LogP contribution in [0.25, 0.3) is 0 Å². The van der Waals surface area contributed by atoms with Gasteiger partial charge in [0.1, 0.15) is 0 Å². The van der Waals surface area contributed by atoms with Crippen molar-refractivity contribution in [2.24, 2.45) is 5.73 Å². The van der Waals surface area contributed by atoms with E-state index in [4.69, 9.17) is 5.73 Å². The molecule has 1 aliphatic rings. The standard InChI is InChI=1S/C10H22N4O3S/c1-13(6-4-5-11)18(16,17)12-9-10(15)14-7-2-3-8-14/h12H,2-9,11H2,1H3. The number of amides is 1. The first-order valence-electron chi connectivity index (χ1n) is 6.16. The predicted octanol–water partition coefficient (Wildman–Crippen LogP) is -1.28. The van der Waals surface area contributed by atoms with Gasteiger partial charge < -0.3 is 10.6 Å². The number of likely N-dealkylation sites (tertiary alicyclic amines) is 1. The molecule has 8 heteroatoms. The molecule has 1 amide bonds. The quantitative estimate of drug-likeness (QED) is 0.606. The highest BCUT2D eigenvalue weighted by molar-refractivity contribution is 7.87. The fraction of sp³-hybridized carbons (Fsp3) is 0.900. The minimum Gasteiger partial charge on any atom is -0.342 e. The number of nitrogens with one attached hydrogen (secondary N) is 1. The molecule has 1 saturated heterocycles. The minimum atomic E-state index is -3.58. The Morgan fingerprint density at radius 2 is 2.00 bits per heavy atom. The maximum Gasteiger partial charge on any atom is 0.279 e. The summed E-state index contributed by atoms with van der Waals surface area (Å²) in [5.41, 5.74) is 5.32. The average molecular weight is 278 g/mol. The van der Waals surface area contributed by atoms with Crippen LogP contribution in [0, 0.1) is 0 Å². The van der Waals surface area contributed by atoms with Crippen molar-refractivity contribution in [1.29, 1.82) is 0 Å². The van der Waals surface area contributed by atoms with Crippen LogP contribution in [0.15, 0.2) is 0 Å². The summed E-state index contributed by atoms with van der Waals surface area (Å²) in [6.45, 7) is 2.07. The van der Waals surface area contributed by atoms with Gasteiger partial charge in [-0.05, 0) is 25.8 Å². The highest BCUT2D eigenvalue weighted by Crippen LogP contribution is 2.07. The van der Waals surface area contributed by atoms with Gasteiger partial charge in [0.05, 0.1) is 6.54 Å².